The topological polar surface area (TPSA) is 60.9 Å². The number of hydrogen-bond donors (Lipinski definition) is 0. The third-order valence-electron chi connectivity index (χ3n) is 6.88. The summed E-state index contributed by atoms with van der Waals surface area (Å²) in [5.74, 6) is 0.764. The number of sulfonamides is 1. The number of piperidine rings is 1. The van der Waals surface area contributed by atoms with Gasteiger partial charge in [0.2, 0.25) is 10.0 Å². The summed E-state index contributed by atoms with van der Waals surface area (Å²) >= 11 is 0. The van der Waals surface area contributed by atoms with Crippen molar-refractivity contribution < 1.29 is 13.2 Å². The van der Waals surface area contributed by atoms with E-state index in [1.54, 1.807) is 28.6 Å². The molecule has 6 nitrogen and oxygen atoms in total. The Hall–Kier alpha value is -1.44. The van der Waals surface area contributed by atoms with Crippen LogP contribution in [0.3, 0.4) is 0 Å². The minimum atomic E-state index is -3.51. The molecule has 166 valence electrons. The van der Waals surface area contributed by atoms with Crippen LogP contribution in [-0.2, 0) is 10.0 Å². The number of nitrogens with zero attached hydrogens (tertiary/aromatic N) is 3. The van der Waals surface area contributed by atoms with Gasteiger partial charge in [0.15, 0.2) is 0 Å². The van der Waals surface area contributed by atoms with Gasteiger partial charge in [-0.05, 0) is 81.3 Å². The maximum atomic E-state index is 13.1. The van der Waals surface area contributed by atoms with Gasteiger partial charge in [0.25, 0.3) is 5.91 Å². The van der Waals surface area contributed by atoms with Crippen LogP contribution >= 0.6 is 0 Å². The highest BCUT2D eigenvalue weighted by atomic mass is 32.2. The first-order chi connectivity index (χ1) is 14.3. The van der Waals surface area contributed by atoms with Gasteiger partial charge in [-0.2, -0.15) is 4.31 Å². The lowest BCUT2D eigenvalue weighted by molar-refractivity contribution is 0.0708. The van der Waals surface area contributed by atoms with Crippen molar-refractivity contribution in [2.24, 2.45) is 11.8 Å². The van der Waals surface area contributed by atoms with Crippen molar-refractivity contribution in [2.75, 3.05) is 39.3 Å². The molecule has 3 atom stereocenters. The molecule has 0 radical (unpaired) electrons. The lowest BCUT2D eigenvalue weighted by Gasteiger charge is -2.34. The van der Waals surface area contributed by atoms with Crippen LogP contribution in [0, 0.1) is 11.8 Å². The molecule has 7 heteroatoms. The van der Waals surface area contributed by atoms with Crippen molar-refractivity contribution in [1.29, 1.82) is 0 Å². The van der Waals surface area contributed by atoms with Gasteiger partial charge in [-0.25, -0.2) is 8.42 Å². The van der Waals surface area contributed by atoms with Crippen molar-refractivity contribution in [1.82, 2.24) is 14.1 Å². The summed E-state index contributed by atoms with van der Waals surface area (Å²) in [6.07, 6.45) is 5.67. The molecule has 0 spiro atoms. The van der Waals surface area contributed by atoms with Crippen molar-refractivity contribution in [3.63, 3.8) is 0 Å². The molecule has 1 aromatic carbocycles. The quantitative estimate of drug-likeness (QED) is 0.716. The van der Waals surface area contributed by atoms with E-state index in [-0.39, 0.29) is 16.8 Å². The molecule has 30 heavy (non-hydrogen) atoms. The average Bonchev–Trinajstić information content (AvgIpc) is 3.39. The molecule has 0 bridgehead atoms. The van der Waals surface area contributed by atoms with Crippen molar-refractivity contribution in [2.45, 2.75) is 56.9 Å². The molecular weight excluding hydrogens is 398 g/mol. The highest BCUT2D eigenvalue weighted by Gasteiger charge is 2.33. The van der Waals surface area contributed by atoms with Gasteiger partial charge in [-0.15, -0.1) is 0 Å². The van der Waals surface area contributed by atoms with Gasteiger partial charge in [-0.3, -0.25) is 4.79 Å². The minimum Gasteiger partial charge on any atom is -0.334 e. The molecule has 4 rings (SSSR count). The van der Waals surface area contributed by atoms with E-state index in [0.29, 0.717) is 30.5 Å². The highest BCUT2D eigenvalue weighted by Crippen LogP contribution is 2.28. The van der Waals surface area contributed by atoms with E-state index < -0.39 is 10.0 Å². The Bertz CT molecular complexity index is 839. The largest absolute Gasteiger partial charge is 0.334 e. The second-order valence-electron chi connectivity index (χ2n) is 9.59. The van der Waals surface area contributed by atoms with Crippen LogP contribution in [-0.4, -0.2) is 73.7 Å². The van der Waals surface area contributed by atoms with Crippen molar-refractivity contribution in [3.8, 4) is 0 Å². The summed E-state index contributed by atoms with van der Waals surface area (Å²) in [7, 11) is -3.51. The zero-order valence-corrected chi connectivity index (χ0v) is 19.1. The number of carbonyl (C=O) groups excluding carboxylic acids is 1. The Kier molecular flexibility index (Phi) is 6.51. The molecule has 0 aromatic heterocycles. The van der Waals surface area contributed by atoms with E-state index >= 15 is 0 Å². The molecular formula is C23H35N3O3S. The Labute approximate surface area is 181 Å². The second kappa shape index (κ2) is 8.97. The molecule has 1 amide bonds. The van der Waals surface area contributed by atoms with Crippen LogP contribution < -0.4 is 0 Å². The third-order valence-corrected chi connectivity index (χ3v) is 8.73. The summed E-state index contributed by atoms with van der Waals surface area (Å²) < 4.78 is 27.8. The van der Waals surface area contributed by atoms with E-state index in [1.807, 2.05) is 4.90 Å². The number of benzene rings is 1. The smallest absolute Gasteiger partial charge is 0.254 e. The summed E-state index contributed by atoms with van der Waals surface area (Å²) in [5.41, 5.74) is 0.586. The zero-order valence-electron chi connectivity index (χ0n) is 18.3. The van der Waals surface area contributed by atoms with Crippen LogP contribution in [0.4, 0.5) is 0 Å². The molecule has 3 aliphatic heterocycles. The fourth-order valence-electron chi connectivity index (χ4n) is 5.44. The number of hydrogen-bond acceptors (Lipinski definition) is 4. The maximum absolute atomic E-state index is 13.1. The Morgan fingerprint density at radius 2 is 1.60 bits per heavy atom. The van der Waals surface area contributed by atoms with Crippen molar-refractivity contribution in [3.05, 3.63) is 29.8 Å². The van der Waals surface area contributed by atoms with Gasteiger partial charge in [0, 0.05) is 37.8 Å². The Morgan fingerprint density at radius 1 is 0.967 bits per heavy atom. The molecule has 3 fully saturated rings. The first-order valence-corrected chi connectivity index (χ1v) is 12.9. The molecule has 3 heterocycles. The number of likely N-dealkylation sites (tertiary alicyclic amines) is 2. The molecule has 3 aliphatic rings. The normalized spacial score (nSPS) is 28.9. The Balaban J connectivity index is 1.45. The molecule has 0 aliphatic carbocycles. The lowest BCUT2D eigenvalue weighted by Crippen LogP contribution is -2.43. The third kappa shape index (κ3) is 4.58. The predicted molar refractivity (Wildman–Crippen MR) is 118 cm³/mol. The van der Waals surface area contributed by atoms with Crippen LogP contribution in [0.25, 0.3) is 0 Å². The second-order valence-corrected chi connectivity index (χ2v) is 11.5. The molecule has 1 aromatic rings. The number of amides is 1. The molecule has 0 saturated carbocycles. The first kappa shape index (κ1) is 21.8. The van der Waals surface area contributed by atoms with Crippen LogP contribution in [0.1, 0.15) is 56.3 Å². The number of rotatable bonds is 5. The van der Waals surface area contributed by atoms with E-state index in [2.05, 4.69) is 18.7 Å². The van der Waals surface area contributed by atoms with E-state index in [1.165, 1.54) is 12.8 Å². The van der Waals surface area contributed by atoms with Gasteiger partial charge < -0.3 is 9.80 Å². The average molecular weight is 434 g/mol. The van der Waals surface area contributed by atoms with Gasteiger partial charge in [0.05, 0.1) is 4.90 Å². The van der Waals surface area contributed by atoms with Gasteiger partial charge in [-0.1, -0.05) is 13.8 Å². The molecule has 3 saturated heterocycles. The first-order valence-electron chi connectivity index (χ1n) is 11.5. The SMILES string of the molecule is CC1CC(C)CN(S(=O)(=O)c2ccc(C(=O)N3CCCC3CN3CCCC3)cc2)C1. The van der Waals surface area contributed by atoms with Gasteiger partial charge >= 0.3 is 0 Å². The summed E-state index contributed by atoms with van der Waals surface area (Å²) in [5, 5.41) is 0. The van der Waals surface area contributed by atoms with Crippen LogP contribution in [0.15, 0.2) is 29.2 Å². The summed E-state index contributed by atoms with van der Waals surface area (Å²) in [4.78, 5) is 17.9. The lowest BCUT2D eigenvalue weighted by atomic mass is 9.94. The Morgan fingerprint density at radius 3 is 2.23 bits per heavy atom. The zero-order chi connectivity index (χ0) is 21.3. The van der Waals surface area contributed by atoms with E-state index in [9.17, 15) is 13.2 Å². The van der Waals surface area contributed by atoms with Crippen LogP contribution in [0.5, 0.6) is 0 Å². The van der Waals surface area contributed by atoms with E-state index in [4.69, 9.17) is 0 Å². The minimum absolute atomic E-state index is 0.0286. The van der Waals surface area contributed by atoms with Crippen molar-refractivity contribution >= 4 is 15.9 Å². The maximum Gasteiger partial charge on any atom is 0.254 e. The predicted octanol–water partition coefficient (Wildman–Crippen LogP) is 3.05. The summed E-state index contributed by atoms with van der Waals surface area (Å²) in [6.45, 7) is 9.38. The highest BCUT2D eigenvalue weighted by molar-refractivity contribution is 7.89. The monoisotopic (exact) mass is 433 g/mol. The van der Waals surface area contributed by atoms with Gasteiger partial charge in [0.1, 0.15) is 0 Å². The fourth-order valence-corrected chi connectivity index (χ4v) is 7.12. The standard InChI is InChI=1S/C23H35N3O3S/c1-18-14-19(2)16-25(15-18)30(28,29)22-9-7-20(8-10-22)23(27)26-13-5-6-21(26)17-24-11-3-4-12-24/h7-10,18-19,21H,3-6,11-17H2,1-2H3. The summed E-state index contributed by atoms with van der Waals surface area (Å²) in [6, 6.07) is 6.88. The molecule has 0 N–H and O–H groups in total. The molecule has 3 unspecified atom stereocenters. The fraction of sp³-hybridized carbons (Fsp3) is 0.696. The van der Waals surface area contributed by atoms with Crippen LogP contribution in [0.2, 0.25) is 0 Å². The van der Waals surface area contributed by atoms with E-state index in [0.717, 1.165) is 45.4 Å². The number of carbonyl (C=O) groups is 1.